The van der Waals surface area contributed by atoms with E-state index in [0.29, 0.717) is 5.92 Å². The van der Waals surface area contributed by atoms with Crippen molar-refractivity contribution >= 4 is 15.9 Å². The second-order valence-electron chi connectivity index (χ2n) is 4.86. The van der Waals surface area contributed by atoms with Crippen molar-refractivity contribution in [3.63, 3.8) is 0 Å². The number of ether oxygens (including phenoxy) is 1. The van der Waals surface area contributed by atoms with Crippen LogP contribution in [0.2, 0.25) is 0 Å². The molecule has 0 spiro atoms. The first kappa shape index (κ1) is 14.0. The van der Waals surface area contributed by atoms with Gasteiger partial charge in [0.05, 0.1) is 12.1 Å². The highest BCUT2D eigenvalue weighted by Gasteiger charge is 2.36. The van der Waals surface area contributed by atoms with Crippen molar-refractivity contribution in [1.82, 2.24) is 5.43 Å². The number of nitrogens with two attached hydrogens (primary N) is 1. The Hall–Kier alpha value is -0.420. The zero-order valence-electron chi connectivity index (χ0n) is 10.7. The average Bonchev–Trinajstić information content (AvgIpc) is 3.18. The van der Waals surface area contributed by atoms with E-state index in [-0.39, 0.29) is 12.1 Å². The van der Waals surface area contributed by atoms with E-state index in [4.69, 9.17) is 10.6 Å². The van der Waals surface area contributed by atoms with Gasteiger partial charge in [-0.2, -0.15) is 0 Å². The van der Waals surface area contributed by atoms with Crippen LogP contribution in [-0.2, 0) is 11.2 Å². The molecule has 0 bridgehead atoms. The van der Waals surface area contributed by atoms with Crippen LogP contribution in [0.15, 0.2) is 28.7 Å². The molecule has 1 fully saturated rings. The van der Waals surface area contributed by atoms with E-state index < -0.39 is 0 Å². The second kappa shape index (κ2) is 6.66. The molecular formula is C14H21BrN2O. The Morgan fingerprint density at radius 1 is 1.50 bits per heavy atom. The van der Waals surface area contributed by atoms with Gasteiger partial charge in [-0.3, -0.25) is 11.3 Å². The molecule has 0 aliphatic heterocycles. The molecule has 3 N–H and O–H groups in total. The van der Waals surface area contributed by atoms with Crippen LogP contribution in [0.25, 0.3) is 0 Å². The summed E-state index contributed by atoms with van der Waals surface area (Å²) in [5, 5.41) is 0. The molecule has 1 aliphatic rings. The Kier molecular flexibility index (Phi) is 5.18. The van der Waals surface area contributed by atoms with Crippen molar-refractivity contribution in [2.45, 2.75) is 38.3 Å². The van der Waals surface area contributed by atoms with Gasteiger partial charge in [0.25, 0.3) is 0 Å². The van der Waals surface area contributed by atoms with Crippen LogP contribution in [-0.4, -0.2) is 18.8 Å². The quantitative estimate of drug-likeness (QED) is 0.601. The first-order chi connectivity index (χ1) is 8.74. The normalized spacial score (nSPS) is 18.6. The molecule has 100 valence electrons. The summed E-state index contributed by atoms with van der Waals surface area (Å²) in [6, 6.07) is 8.55. The molecule has 1 aliphatic carbocycles. The highest BCUT2D eigenvalue weighted by Crippen LogP contribution is 2.36. The topological polar surface area (TPSA) is 47.3 Å². The minimum Gasteiger partial charge on any atom is -0.377 e. The fraction of sp³-hybridized carbons (Fsp3) is 0.571. The van der Waals surface area contributed by atoms with Gasteiger partial charge in [-0.05, 0) is 49.8 Å². The Morgan fingerprint density at radius 2 is 2.28 bits per heavy atom. The van der Waals surface area contributed by atoms with Crippen molar-refractivity contribution in [2.24, 2.45) is 11.8 Å². The van der Waals surface area contributed by atoms with Crippen LogP contribution < -0.4 is 11.3 Å². The number of halogens is 1. The van der Waals surface area contributed by atoms with E-state index in [1.165, 1.54) is 18.4 Å². The third-order valence-corrected chi connectivity index (χ3v) is 3.89. The summed E-state index contributed by atoms with van der Waals surface area (Å²) in [6.07, 6.45) is 3.67. The lowest BCUT2D eigenvalue weighted by molar-refractivity contribution is 0.0192. The van der Waals surface area contributed by atoms with Gasteiger partial charge in [-0.15, -0.1) is 0 Å². The van der Waals surface area contributed by atoms with E-state index >= 15 is 0 Å². The fourth-order valence-electron chi connectivity index (χ4n) is 2.39. The summed E-state index contributed by atoms with van der Waals surface area (Å²) in [5.41, 5.74) is 4.21. The minimum absolute atomic E-state index is 0.187. The van der Waals surface area contributed by atoms with Gasteiger partial charge in [-0.25, -0.2) is 0 Å². The molecular weight excluding hydrogens is 292 g/mol. The lowest BCUT2D eigenvalue weighted by Crippen LogP contribution is -2.47. The Balaban J connectivity index is 2.03. The predicted molar refractivity (Wildman–Crippen MR) is 77.1 cm³/mol. The molecule has 3 nitrogen and oxygen atoms in total. The van der Waals surface area contributed by atoms with Crippen LogP contribution in [0, 0.1) is 5.92 Å². The van der Waals surface area contributed by atoms with Gasteiger partial charge < -0.3 is 4.74 Å². The predicted octanol–water partition coefficient (Wildman–Crippen LogP) is 2.64. The van der Waals surface area contributed by atoms with Crippen LogP contribution in [0.3, 0.4) is 0 Å². The summed E-state index contributed by atoms with van der Waals surface area (Å²) < 4.78 is 6.97. The summed E-state index contributed by atoms with van der Waals surface area (Å²) in [4.78, 5) is 0. The lowest BCUT2D eigenvalue weighted by Gasteiger charge is -2.26. The number of rotatable bonds is 7. The van der Waals surface area contributed by atoms with Crippen molar-refractivity contribution in [1.29, 1.82) is 0 Å². The highest BCUT2D eigenvalue weighted by atomic mass is 79.9. The van der Waals surface area contributed by atoms with Crippen LogP contribution >= 0.6 is 15.9 Å². The standard InChI is InChI=1S/C14H21BrN2O/c1-2-18-14(11-6-7-11)13(17-16)9-10-4-3-5-12(15)8-10/h3-5,8,11,13-14,17H,2,6-7,9,16H2,1H3. The first-order valence-corrected chi connectivity index (χ1v) is 7.36. The van der Waals surface area contributed by atoms with Crippen molar-refractivity contribution < 1.29 is 4.74 Å². The van der Waals surface area contributed by atoms with Gasteiger partial charge in [0, 0.05) is 11.1 Å². The maximum absolute atomic E-state index is 5.87. The van der Waals surface area contributed by atoms with Crippen molar-refractivity contribution in [3.05, 3.63) is 34.3 Å². The number of nitrogens with one attached hydrogen (secondary N) is 1. The molecule has 1 aromatic carbocycles. The van der Waals surface area contributed by atoms with Crippen LogP contribution in [0.4, 0.5) is 0 Å². The fourth-order valence-corrected chi connectivity index (χ4v) is 2.83. The van der Waals surface area contributed by atoms with Crippen LogP contribution in [0.1, 0.15) is 25.3 Å². The summed E-state index contributed by atoms with van der Waals surface area (Å²) >= 11 is 3.50. The Morgan fingerprint density at radius 3 is 2.83 bits per heavy atom. The van der Waals surface area contributed by atoms with E-state index in [0.717, 1.165) is 17.5 Å². The maximum atomic E-state index is 5.87. The van der Waals surface area contributed by atoms with Crippen LogP contribution in [0.5, 0.6) is 0 Å². The molecule has 4 heteroatoms. The van der Waals surface area contributed by atoms with Crippen molar-refractivity contribution in [3.8, 4) is 0 Å². The molecule has 0 amide bonds. The van der Waals surface area contributed by atoms with E-state index in [2.05, 4.69) is 39.6 Å². The van der Waals surface area contributed by atoms with Gasteiger partial charge in [0.15, 0.2) is 0 Å². The SMILES string of the molecule is CCOC(C1CC1)C(Cc1cccc(Br)c1)NN. The Labute approximate surface area is 117 Å². The number of benzene rings is 1. The van der Waals surface area contributed by atoms with E-state index in [1.807, 2.05) is 13.0 Å². The third-order valence-electron chi connectivity index (χ3n) is 3.40. The largest absolute Gasteiger partial charge is 0.377 e. The lowest BCUT2D eigenvalue weighted by atomic mass is 9.99. The zero-order valence-corrected chi connectivity index (χ0v) is 12.3. The molecule has 0 saturated heterocycles. The molecule has 18 heavy (non-hydrogen) atoms. The average molecular weight is 313 g/mol. The zero-order chi connectivity index (χ0) is 13.0. The molecule has 0 radical (unpaired) electrons. The molecule has 1 aromatic rings. The molecule has 2 atom stereocenters. The molecule has 1 saturated carbocycles. The first-order valence-electron chi connectivity index (χ1n) is 6.56. The molecule has 2 unspecified atom stereocenters. The number of hydrazine groups is 1. The summed E-state index contributed by atoms with van der Waals surface area (Å²) in [7, 11) is 0. The maximum Gasteiger partial charge on any atom is 0.0772 e. The highest BCUT2D eigenvalue weighted by molar-refractivity contribution is 9.10. The van der Waals surface area contributed by atoms with Gasteiger partial charge in [-0.1, -0.05) is 28.1 Å². The number of hydrogen-bond donors (Lipinski definition) is 2. The van der Waals surface area contributed by atoms with Gasteiger partial charge in [0.2, 0.25) is 0 Å². The summed E-state index contributed by atoms with van der Waals surface area (Å²) in [6.45, 7) is 2.79. The van der Waals surface area contributed by atoms with E-state index in [1.54, 1.807) is 0 Å². The smallest absolute Gasteiger partial charge is 0.0772 e. The molecule has 0 aromatic heterocycles. The molecule has 0 heterocycles. The minimum atomic E-state index is 0.187. The Bertz CT molecular complexity index is 382. The van der Waals surface area contributed by atoms with E-state index in [9.17, 15) is 0 Å². The van der Waals surface area contributed by atoms with Gasteiger partial charge >= 0.3 is 0 Å². The number of hydrogen-bond acceptors (Lipinski definition) is 3. The third kappa shape index (κ3) is 3.79. The summed E-state index contributed by atoms with van der Waals surface area (Å²) in [5.74, 6) is 6.39. The monoisotopic (exact) mass is 312 g/mol. The molecule has 2 rings (SSSR count). The second-order valence-corrected chi connectivity index (χ2v) is 5.78. The van der Waals surface area contributed by atoms with Gasteiger partial charge in [0.1, 0.15) is 0 Å². The van der Waals surface area contributed by atoms with Crippen molar-refractivity contribution in [2.75, 3.05) is 6.61 Å².